The van der Waals surface area contributed by atoms with E-state index >= 15 is 0 Å². The molecule has 1 aromatic rings. The Balaban J connectivity index is 2.30. The highest BCUT2D eigenvalue weighted by molar-refractivity contribution is 8.00. The third-order valence-corrected chi connectivity index (χ3v) is 4.81. The molecule has 18 heavy (non-hydrogen) atoms. The first-order valence-electron chi connectivity index (χ1n) is 6.27. The van der Waals surface area contributed by atoms with Crippen molar-refractivity contribution >= 4 is 17.6 Å². The fraction of sp³-hybridized carbons (Fsp3) is 0.692. The van der Waals surface area contributed by atoms with Crippen LogP contribution in [-0.2, 0) is 7.05 Å². The molecule has 0 unspecified atom stereocenters. The maximum Gasteiger partial charge on any atom is 0.144 e. The Morgan fingerprint density at radius 3 is 2.78 bits per heavy atom. The number of thioether (sulfide) groups is 1. The quantitative estimate of drug-likeness (QED) is 0.781. The lowest BCUT2D eigenvalue weighted by atomic mass is 10.1. The highest BCUT2D eigenvalue weighted by atomic mass is 32.2. The van der Waals surface area contributed by atoms with Gasteiger partial charge in [-0.3, -0.25) is 4.68 Å². The summed E-state index contributed by atoms with van der Waals surface area (Å²) in [6.07, 6.45) is 1.13. The minimum atomic E-state index is 0.329. The van der Waals surface area contributed by atoms with E-state index in [1.165, 1.54) is 0 Å². The number of rotatable bonds is 1. The number of aryl methyl sites for hydroxylation is 2. The molecule has 98 valence electrons. The molecule has 0 aliphatic carbocycles. The molecule has 0 atom stereocenters. The van der Waals surface area contributed by atoms with Crippen LogP contribution in [0.15, 0.2) is 0 Å². The zero-order valence-corrected chi connectivity index (χ0v) is 12.3. The number of nitriles is 1. The average Bonchev–Trinajstić information content (AvgIpc) is 2.45. The number of anilines is 1. The molecule has 0 amide bonds. The van der Waals surface area contributed by atoms with E-state index in [1.807, 2.05) is 30.4 Å². The molecule has 1 fully saturated rings. The smallest absolute Gasteiger partial charge is 0.144 e. The number of hydrogen-bond acceptors (Lipinski definition) is 4. The lowest BCUT2D eigenvalue weighted by molar-refractivity contribution is 0.623. The van der Waals surface area contributed by atoms with Gasteiger partial charge in [0.1, 0.15) is 17.5 Å². The molecule has 1 aliphatic heterocycles. The first-order chi connectivity index (χ1) is 8.44. The zero-order valence-electron chi connectivity index (χ0n) is 11.5. The average molecular weight is 264 g/mol. The fourth-order valence-electron chi connectivity index (χ4n) is 2.37. The molecule has 0 aromatic carbocycles. The lowest BCUT2D eigenvalue weighted by Crippen LogP contribution is -2.29. The molecule has 0 saturated carbocycles. The van der Waals surface area contributed by atoms with E-state index in [1.54, 1.807) is 0 Å². The van der Waals surface area contributed by atoms with Crippen molar-refractivity contribution in [2.45, 2.75) is 31.9 Å². The summed E-state index contributed by atoms with van der Waals surface area (Å²) in [4.78, 5) is 2.31. The van der Waals surface area contributed by atoms with Crippen molar-refractivity contribution in [2.24, 2.45) is 7.05 Å². The van der Waals surface area contributed by atoms with Gasteiger partial charge in [0.15, 0.2) is 0 Å². The van der Waals surface area contributed by atoms with Crippen molar-refractivity contribution in [1.82, 2.24) is 9.78 Å². The summed E-state index contributed by atoms with van der Waals surface area (Å²) in [6, 6.07) is 2.29. The molecular formula is C13H20N4S. The topological polar surface area (TPSA) is 44.9 Å². The minimum absolute atomic E-state index is 0.329. The molecule has 1 saturated heterocycles. The largest absolute Gasteiger partial charge is 0.355 e. The van der Waals surface area contributed by atoms with Gasteiger partial charge in [0.25, 0.3) is 0 Å². The van der Waals surface area contributed by atoms with E-state index < -0.39 is 0 Å². The van der Waals surface area contributed by atoms with Gasteiger partial charge in [-0.15, -0.1) is 0 Å². The summed E-state index contributed by atoms with van der Waals surface area (Å²) in [5, 5.41) is 13.7. The van der Waals surface area contributed by atoms with Crippen molar-refractivity contribution < 1.29 is 0 Å². The van der Waals surface area contributed by atoms with Crippen LogP contribution < -0.4 is 4.90 Å². The summed E-state index contributed by atoms with van der Waals surface area (Å²) in [7, 11) is 1.92. The van der Waals surface area contributed by atoms with Gasteiger partial charge in [-0.25, -0.2) is 0 Å². The summed E-state index contributed by atoms with van der Waals surface area (Å²) < 4.78 is 2.17. The van der Waals surface area contributed by atoms with Crippen LogP contribution in [0, 0.1) is 18.3 Å². The summed E-state index contributed by atoms with van der Waals surface area (Å²) >= 11 is 2.01. The van der Waals surface area contributed by atoms with Crippen LogP contribution in [0.25, 0.3) is 0 Å². The first-order valence-corrected chi connectivity index (χ1v) is 7.26. The second kappa shape index (κ2) is 4.85. The Hall–Kier alpha value is -1.15. The molecule has 2 heterocycles. The van der Waals surface area contributed by atoms with Crippen LogP contribution in [0.5, 0.6) is 0 Å². The lowest BCUT2D eigenvalue weighted by Gasteiger charge is -2.24. The fourth-order valence-corrected chi connectivity index (χ4v) is 3.47. The van der Waals surface area contributed by atoms with E-state index in [9.17, 15) is 5.26 Å². The van der Waals surface area contributed by atoms with Crippen molar-refractivity contribution in [1.29, 1.82) is 5.26 Å². The van der Waals surface area contributed by atoms with Crippen molar-refractivity contribution in [3.8, 4) is 6.07 Å². The molecule has 0 N–H and O–H groups in total. The molecule has 1 aromatic heterocycles. The Bertz CT molecular complexity index is 484. The number of aromatic nitrogens is 2. The van der Waals surface area contributed by atoms with Gasteiger partial charge in [-0.2, -0.15) is 22.1 Å². The highest BCUT2D eigenvalue weighted by Crippen LogP contribution is 2.33. The Morgan fingerprint density at radius 1 is 1.39 bits per heavy atom. The van der Waals surface area contributed by atoms with E-state index in [0.717, 1.165) is 42.3 Å². The van der Waals surface area contributed by atoms with E-state index in [4.69, 9.17) is 0 Å². The normalized spacial score (nSPS) is 19.4. The number of hydrogen-bond donors (Lipinski definition) is 0. The summed E-state index contributed by atoms with van der Waals surface area (Å²) in [5.41, 5.74) is 1.55. The second-order valence-corrected chi connectivity index (χ2v) is 7.17. The van der Waals surface area contributed by atoms with E-state index in [2.05, 4.69) is 29.9 Å². The maximum atomic E-state index is 9.28. The molecule has 2 rings (SSSR count). The van der Waals surface area contributed by atoms with E-state index in [-0.39, 0.29) is 0 Å². The number of nitrogens with zero attached hydrogens (tertiary/aromatic N) is 4. The predicted molar refractivity (Wildman–Crippen MR) is 76.0 cm³/mol. The first kappa shape index (κ1) is 13.3. The monoisotopic (exact) mass is 264 g/mol. The third-order valence-electron chi connectivity index (χ3n) is 3.44. The van der Waals surface area contributed by atoms with Gasteiger partial charge >= 0.3 is 0 Å². The van der Waals surface area contributed by atoms with Crippen molar-refractivity contribution in [3.05, 3.63) is 11.3 Å². The van der Waals surface area contributed by atoms with Crippen LogP contribution >= 0.6 is 11.8 Å². The van der Waals surface area contributed by atoms with Gasteiger partial charge in [-0.05, 0) is 13.3 Å². The summed E-state index contributed by atoms with van der Waals surface area (Å²) in [6.45, 7) is 8.47. The standard InChI is InChI=1S/C13H20N4S/c1-10-11(9-14)12(16(4)15-10)17-6-5-13(2,3)18-8-7-17/h5-8H2,1-4H3. The van der Waals surface area contributed by atoms with Crippen LogP contribution in [0.3, 0.4) is 0 Å². The van der Waals surface area contributed by atoms with Crippen molar-refractivity contribution in [2.75, 3.05) is 23.7 Å². The Labute approximate surface area is 113 Å². The molecule has 0 bridgehead atoms. The molecule has 0 radical (unpaired) electrons. The van der Waals surface area contributed by atoms with Crippen LogP contribution in [-0.4, -0.2) is 33.4 Å². The SMILES string of the molecule is Cc1nn(C)c(N2CCSC(C)(C)CC2)c1C#N. The molecule has 5 heteroatoms. The van der Waals surface area contributed by atoms with E-state index in [0.29, 0.717) is 4.75 Å². The molecule has 0 spiro atoms. The van der Waals surface area contributed by atoms with Gasteiger partial charge in [0.05, 0.1) is 5.69 Å². The molecular weight excluding hydrogens is 244 g/mol. The maximum absolute atomic E-state index is 9.28. The predicted octanol–water partition coefficient (Wildman–Crippen LogP) is 2.32. The second-order valence-electron chi connectivity index (χ2n) is 5.36. The van der Waals surface area contributed by atoms with Gasteiger partial charge in [0, 0.05) is 30.6 Å². The Kier molecular flexibility index (Phi) is 3.58. The van der Waals surface area contributed by atoms with Gasteiger partial charge in [-0.1, -0.05) is 13.8 Å². The molecule has 4 nitrogen and oxygen atoms in total. The molecule has 1 aliphatic rings. The highest BCUT2D eigenvalue weighted by Gasteiger charge is 2.27. The van der Waals surface area contributed by atoms with Gasteiger partial charge < -0.3 is 4.90 Å². The van der Waals surface area contributed by atoms with Crippen LogP contribution in [0.2, 0.25) is 0 Å². The Morgan fingerprint density at radius 2 is 2.11 bits per heavy atom. The van der Waals surface area contributed by atoms with Crippen molar-refractivity contribution in [3.63, 3.8) is 0 Å². The minimum Gasteiger partial charge on any atom is -0.355 e. The van der Waals surface area contributed by atoms with Gasteiger partial charge in [0.2, 0.25) is 0 Å². The van der Waals surface area contributed by atoms with Crippen LogP contribution in [0.4, 0.5) is 5.82 Å². The third kappa shape index (κ3) is 2.49. The zero-order chi connectivity index (χ0) is 13.3. The van der Waals surface area contributed by atoms with Crippen LogP contribution in [0.1, 0.15) is 31.5 Å². The summed E-state index contributed by atoms with van der Waals surface area (Å²) in [5.74, 6) is 2.08.